The number of rotatable bonds is 4. The molecule has 0 aliphatic rings. The molecule has 0 heterocycles. The summed E-state index contributed by atoms with van der Waals surface area (Å²) in [5.74, 6) is 0.327. The maximum absolute atomic E-state index is 12.0. The third-order valence-electron chi connectivity index (χ3n) is 3.01. The highest BCUT2D eigenvalue weighted by Crippen LogP contribution is 2.20. The van der Waals surface area contributed by atoms with Gasteiger partial charge in [-0.15, -0.1) is 0 Å². The minimum Gasteiger partial charge on any atom is -0.434 e. The Morgan fingerprint density at radius 1 is 1.08 bits per heavy atom. The van der Waals surface area contributed by atoms with Gasteiger partial charge < -0.3 is 20.1 Å². The van der Waals surface area contributed by atoms with Crippen molar-refractivity contribution in [2.24, 2.45) is 0 Å². The van der Waals surface area contributed by atoms with Crippen LogP contribution in [0.3, 0.4) is 0 Å². The number of carbonyl (C=O) groups excluding carboxylic acids is 2. The molecule has 2 aromatic rings. The highest BCUT2D eigenvalue weighted by Gasteiger charge is 2.07. The molecule has 126 valence electrons. The van der Waals surface area contributed by atoms with Crippen molar-refractivity contribution < 1.29 is 19.1 Å². The molecule has 0 aliphatic heterocycles. The second kappa shape index (κ2) is 8.21. The standard InChI is InChI=1S/C17H17ClN2O4/c1-3-23-17(22)24-14-7-5-13(6-8-14)19-16(21)20-15-9-4-12(18)10-11(15)2/h4-10H,3H2,1-2H3,(H2,19,20,21). The van der Waals surface area contributed by atoms with Gasteiger partial charge in [0.25, 0.3) is 0 Å². The summed E-state index contributed by atoms with van der Waals surface area (Å²) in [6.45, 7) is 3.78. The first-order valence-electron chi connectivity index (χ1n) is 7.26. The normalized spacial score (nSPS) is 9.96. The van der Waals surface area contributed by atoms with Crippen molar-refractivity contribution in [2.45, 2.75) is 13.8 Å². The summed E-state index contributed by atoms with van der Waals surface area (Å²) in [5, 5.41) is 6.03. The van der Waals surface area contributed by atoms with Crippen LogP contribution in [0.4, 0.5) is 21.0 Å². The molecule has 2 aromatic carbocycles. The number of nitrogens with one attached hydrogen (secondary N) is 2. The third-order valence-corrected chi connectivity index (χ3v) is 3.25. The van der Waals surface area contributed by atoms with Gasteiger partial charge in [-0.25, -0.2) is 9.59 Å². The van der Waals surface area contributed by atoms with Gasteiger partial charge >= 0.3 is 12.2 Å². The van der Waals surface area contributed by atoms with Crippen molar-refractivity contribution in [3.8, 4) is 5.75 Å². The second-order valence-electron chi connectivity index (χ2n) is 4.85. The van der Waals surface area contributed by atoms with Crippen LogP contribution in [0.5, 0.6) is 5.75 Å². The molecule has 0 fully saturated rings. The molecule has 0 bridgehead atoms. The zero-order valence-electron chi connectivity index (χ0n) is 13.3. The Balaban J connectivity index is 1.93. The van der Waals surface area contributed by atoms with E-state index in [4.69, 9.17) is 16.3 Å². The zero-order chi connectivity index (χ0) is 17.5. The van der Waals surface area contributed by atoms with Crippen LogP contribution in [0.2, 0.25) is 5.02 Å². The van der Waals surface area contributed by atoms with Crippen molar-refractivity contribution >= 4 is 35.2 Å². The predicted molar refractivity (Wildman–Crippen MR) is 92.9 cm³/mol. The number of ether oxygens (including phenoxy) is 2. The molecular formula is C17H17ClN2O4. The maximum atomic E-state index is 12.0. The van der Waals surface area contributed by atoms with E-state index in [9.17, 15) is 9.59 Å². The summed E-state index contributed by atoms with van der Waals surface area (Å²) < 4.78 is 9.61. The van der Waals surface area contributed by atoms with Crippen molar-refractivity contribution in [1.29, 1.82) is 0 Å². The fourth-order valence-corrected chi connectivity index (χ4v) is 2.13. The fraction of sp³-hybridized carbons (Fsp3) is 0.176. The molecule has 2 N–H and O–H groups in total. The van der Waals surface area contributed by atoms with Crippen LogP contribution in [0.25, 0.3) is 0 Å². The predicted octanol–water partition coefficient (Wildman–Crippen LogP) is 4.83. The van der Waals surface area contributed by atoms with Gasteiger partial charge in [-0.3, -0.25) is 0 Å². The highest BCUT2D eigenvalue weighted by atomic mass is 35.5. The van der Waals surface area contributed by atoms with E-state index in [-0.39, 0.29) is 12.6 Å². The smallest absolute Gasteiger partial charge is 0.434 e. The quantitative estimate of drug-likeness (QED) is 0.613. The highest BCUT2D eigenvalue weighted by molar-refractivity contribution is 6.30. The van der Waals surface area contributed by atoms with Gasteiger partial charge in [0, 0.05) is 16.4 Å². The number of halogens is 1. The number of hydrogen-bond donors (Lipinski definition) is 2. The Kier molecular flexibility index (Phi) is 6.03. The van der Waals surface area contributed by atoms with Gasteiger partial charge in [0.1, 0.15) is 5.75 Å². The first-order valence-corrected chi connectivity index (χ1v) is 7.64. The van der Waals surface area contributed by atoms with Crippen LogP contribution in [0, 0.1) is 6.92 Å². The van der Waals surface area contributed by atoms with E-state index in [0.29, 0.717) is 22.1 Å². The van der Waals surface area contributed by atoms with E-state index < -0.39 is 6.16 Å². The largest absolute Gasteiger partial charge is 0.513 e. The van der Waals surface area contributed by atoms with E-state index in [1.165, 1.54) is 0 Å². The number of carbonyl (C=O) groups is 2. The lowest BCUT2D eigenvalue weighted by Gasteiger charge is -2.10. The molecule has 24 heavy (non-hydrogen) atoms. The lowest BCUT2D eigenvalue weighted by atomic mass is 10.2. The molecule has 0 spiro atoms. The molecule has 6 nitrogen and oxygen atoms in total. The number of hydrogen-bond acceptors (Lipinski definition) is 4. The summed E-state index contributed by atoms with van der Waals surface area (Å²) in [6.07, 6.45) is -0.769. The molecule has 2 rings (SSSR count). The van der Waals surface area contributed by atoms with Gasteiger partial charge in [0.2, 0.25) is 0 Å². The number of aryl methyl sites for hydroxylation is 1. The topological polar surface area (TPSA) is 76.7 Å². The lowest BCUT2D eigenvalue weighted by molar-refractivity contribution is 0.104. The van der Waals surface area contributed by atoms with Crippen LogP contribution in [-0.2, 0) is 4.74 Å². The Hall–Kier alpha value is -2.73. The van der Waals surface area contributed by atoms with E-state index in [0.717, 1.165) is 5.56 Å². The van der Waals surface area contributed by atoms with E-state index in [2.05, 4.69) is 15.4 Å². The summed E-state index contributed by atoms with van der Waals surface area (Å²) in [7, 11) is 0. The van der Waals surface area contributed by atoms with Crippen molar-refractivity contribution in [3.63, 3.8) is 0 Å². The van der Waals surface area contributed by atoms with Crippen LogP contribution < -0.4 is 15.4 Å². The Morgan fingerprint density at radius 3 is 2.42 bits per heavy atom. The maximum Gasteiger partial charge on any atom is 0.513 e. The SMILES string of the molecule is CCOC(=O)Oc1ccc(NC(=O)Nc2ccc(Cl)cc2C)cc1. The molecule has 0 saturated carbocycles. The lowest BCUT2D eigenvalue weighted by Crippen LogP contribution is -2.19. The van der Waals surface area contributed by atoms with Crippen LogP contribution >= 0.6 is 11.6 Å². The molecule has 0 saturated heterocycles. The number of benzene rings is 2. The number of anilines is 2. The molecule has 2 amide bonds. The van der Waals surface area contributed by atoms with Crippen molar-refractivity contribution in [2.75, 3.05) is 17.2 Å². The van der Waals surface area contributed by atoms with Gasteiger partial charge in [-0.1, -0.05) is 11.6 Å². The Labute approximate surface area is 144 Å². The minimum absolute atomic E-state index is 0.239. The number of urea groups is 1. The molecule has 0 aromatic heterocycles. The molecule has 0 aliphatic carbocycles. The second-order valence-corrected chi connectivity index (χ2v) is 5.28. The molecular weight excluding hydrogens is 332 g/mol. The monoisotopic (exact) mass is 348 g/mol. The zero-order valence-corrected chi connectivity index (χ0v) is 14.0. The van der Waals surface area contributed by atoms with E-state index in [1.807, 2.05) is 6.92 Å². The van der Waals surface area contributed by atoms with Gasteiger partial charge in [-0.2, -0.15) is 0 Å². The third kappa shape index (κ3) is 5.17. The molecule has 0 atom stereocenters. The van der Waals surface area contributed by atoms with E-state index in [1.54, 1.807) is 49.4 Å². The Morgan fingerprint density at radius 2 is 1.79 bits per heavy atom. The average molecular weight is 349 g/mol. The minimum atomic E-state index is -0.769. The van der Waals surface area contributed by atoms with Gasteiger partial charge in [0.15, 0.2) is 0 Å². The van der Waals surface area contributed by atoms with Gasteiger partial charge in [-0.05, 0) is 61.9 Å². The fourth-order valence-electron chi connectivity index (χ4n) is 1.90. The number of amides is 2. The van der Waals surface area contributed by atoms with Crippen LogP contribution in [0.15, 0.2) is 42.5 Å². The molecule has 7 heteroatoms. The Bertz CT molecular complexity index is 732. The summed E-state index contributed by atoms with van der Waals surface area (Å²) >= 11 is 5.88. The summed E-state index contributed by atoms with van der Waals surface area (Å²) in [5.41, 5.74) is 2.07. The van der Waals surface area contributed by atoms with Gasteiger partial charge in [0.05, 0.1) is 6.61 Å². The molecule has 0 radical (unpaired) electrons. The first-order chi connectivity index (χ1) is 11.5. The van der Waals surface area contributed by atoms with Crippen LogP contribution in [0.1, 0.15) is 12.5 Å². The van der Waals surface area contributed by atoms with Crippen molar-refractivity contribution in [3.05, 3.63) is 53.1 Å². The molecule has 0 unspecified atom stereocenters. The first kappa shape index (κ1) is 17.6. The average Bonchev–Trinajstić information content (AvgIpc) is 2.52. The summed E-state index contributed by atoms with van der Waals surface area (Å²) in [4.78, 5) is 23.2. The van der Waals surface area contributed by atoms with Crippen molar-refractivity contribution in [1.82, 2.24) is 0 Å². The summed E-state index contributed by atoms with van der Waals surface area (Å²) in [6, 6.07) is 11.1. The van der Waals surface area contributed by atoms with Crippen LogP contribution in [-0.4, -0.2) is 18.8 Å². The van der Waals surface area contributed by atoms with E-state index >= 15 is 0 Å².